The maximum atomic E-state index is 12.4. The number of benzene rings is 2. The summed E-state index contributed by atoms with van der Waals surface area (Å²) in [5.41, 5.74) is 4.39. The minimum atomic E-state index is -0.251. The van der Waals surface area contributed by atoms with Crippen molar-refractivity contribution >= 4 is 58.0 Å². The molecule has 8 nitrogen and oxygen atoms in total. The third-order valence-electron chi connectivity index (χ3n) is 6.97. The van der Waals surface area contributed by atoms with E-state index in [-0.39, 0.29) is 31.6 Å². The van der Waals surface area contributed by atoms with Crippen LogP contribution in [0.3, 0.4) is 0 Å². The smallest absolute Gasteiger partial charge is 0.269 e. The van der Waals surface area contributed by atoms with Gasteiger partial charge in [0.1, 0.15) is 17.7 Å². The van der Waals surface area contributed by atoms with Crippen molar-refractivity contribution in [3.8, 4) is 33.9 Å². The number of pyridine rings is 2. The number of aromatic nitrogens is 6. The predicted molar refractivity (Wildman–Crippen MR) is 183 cm³/mol. The Morgan fingerprint density at radius 3 is 1.51 bits per heavy atom. The molecule has 45 heavy (non-hydrogen) atoms. The van der Waals surface area contributed by atoms with Gasteiger partial charge in [-0.15, -0.1) is 0 Å². The van der Waals surface area contributed by atoms with Crippen LogP contribution in [0.5, 0.6) is 0 Å². The second-order valence-electron chi connectivity index (χ2n) is 9.55. The molecule has 0 radical (unpaired) electrons. The highest BCUT2D eigenvalue weighted by Crippen LogP contribution is 2.33. The fraction of sp³-hybridized carbons (Fsp3) is 0.125. The van der Waals surface area contributed by atoms with Gasteiger partial charge >= 0.3 is 0 Å². The Kier molecular flexibility index (Phi) is 10.2. The minimum Gasteiger partial charge on any atom is -0.307 e. The molecule has 2 aromatic carbocycles. The van der Waals surface area contributed by atoms with E-state index in [1.54, 1.807) is 36.7 Å². The fourth-order valence-corrected chi connectivity index (χ4v) is 5.78. The van der Waals surface area contributed by atoms with Gasteiger partial charge in [0, 0.05) is 30.3 Å². The summed E-state index contributed by atoms with van der Waals surface area (Å²) in [6.45, 7) is 4.84. The van der Waals surface area contributed by atoms with Gasteiger partial charge in [-0.2, -0.15) is 0 Å². The molecule has 0 aliphatic carbocycles. The summed E-state index contributed by atoms with van der Waals surface area (Å²) >= 11 is 30.5. The number of imidazole rings is 2. The summed E-state index contributed by atoms with van der Waals surface area (Å²) in [6, 6.07) is 24.1. The highest BCUT2D eigenvalue weighted by molar-refractivity contribution is 6.41. The molecule has 0 amide bonds. The van der Waals surface area contributed by atoms with Crippen LogP contribution in [0.2, 0.25) is 25.6 Å². The monoisotopic (exact) mass is 700 g/mol. The Hall–Kier alpha value is -3.79. The lowest BCUT2D eigenvalue weighted by molar-refractivity contribution is 0.730. The van der Waals surface area contributed by atoms with Crippen molar-refractivity contribution in [2.45, 2.75) is 26.9 Å². The van der Waals surface area contributed by atoms with E-state index >= 15 is 0 Å². The molecule has 230 valence electrons. The molecule has 4 aromatic heterocycles. The van der Waals surface area contributed by atoms with Gasteiger partial charge in [-0.1, -0.05) is 119 Å². The van der Waals surface area contributed by atoms with E-state index in [9.17, 15) is 9.59 Å². The number of rotatable bonds is 6. The van der Waals surface area contributed by atoms with Crippen LogP contribution in [0, 0.1) is 0 Å². The molecule has 6 aromatic rings. The Balaban J connectivity index is 0.000000178. The van der Waals surface area contributed by atoms with Gasteiger partial charge in [-0.3, -0.25) is 18.7 Å². The van der Waals surface area contributed by atoms with Gasteiger partial charge in [0.25, 0.3) is 11.1 Å². The minimum absolute atomic E-state index is 0.0626. The van der Waals surface area contributed by atoms with Crippen molar-refractivity contribution < 1.29 is 0 Å². The summed E-state index contributed by atoms with van der Waals surface area (Å²) in [6.07, 6.45) is 3.06. The third kappa shape index (κ3) is 6.48. The molecule has 0 aliphatic heterocycles. The van der Waals surface area contributed by atoms with Crippen molar-refractivity contribution in [1.29, 1.82) is 0 Å². The average molecular weight is 703 g/mol. The largest absolute Gasteiger partial charge is 0.307 e. The lowest BCUT2D eigenvalue weighted by Crippen LogP contribution is -2.23. The zero-order valence-corrected chi connectivity index (χ0v) is 27.7. The predicted octanol–water partition coefficient (Wildman–Crippen LogP) is 8.71. The highest BCUT2D eigenvalue weighted by atomic mass is 35.5. The average Bonchev–Trinajstić information content (AvgIpc) is 3.58. The van der Waals surface area contributed by atoms with Crippen LogP contribution in [0.15, 0.2) is 101 Å². The Bertz CT molecular complexity index is 2090. The van der Waals surface area contributed by atoms with Crippen LogP contribution in [-0.2, 0) is 13.1 Å². The Labute approximate surface area is 283 Å². The van der Waals surface area contributed by atoms with Gasteiger partial charge in [0.05, 0.1) is 22.8 Å². The molecular weight excluding hydrogens is 678 g/mol. The van der Waals surface area contributed by atoms with Gasteiger partial charge in [-0.25, -0.2) is 9.97 Å². The second kappa shape index (κ2) is 14.1. The van der Waals surface area contributed by atoms with Crippen molar-refractivity contribution in [1.82, 2.24) is 28.2 Å². The normalized spacial score (nSPS) is 10.9. The molecule has 0 saturated carbocycles. The topological polar surface area (TPSA) is 79.6 Å². The number of hydrogen-bond acceptors (Lipinski definition) is 4. The molecule has 0 unspecified atom stereocenters. The Morgan fingerprint density at radius 2 is 1.07 bits per heavy atom. The van der Waals surface area contributed by atoms with Crippen molar-refractivity contribution in [3.05, 3.63) is 138 Å². The van der Waals surface area contributed by atoms with Crippen molar-refractivity contribution in [2.24, 2.45) is 0 Å². The van der Waals surface area contributed by atoms with E-state index in [2.05, 4.69) is 9.97 Å². The molecule has 0 bridgehead atoms. The summed E-state index contributed by atoms with van der Waals surface area (Å²) in [7, 11) is 0. The third-order valence-corrected chi connectivity index (χ3v) is 8.71. The first-order chi connectivity index (χ1) is 21.7. The standard InChI is InChI=1S/C16H12Cl3N3O.C16H13Cl2N3O/c1-2-21-13(10-6-4-3-5-7-10)12(8-11(17)16(21)23)22-9-20-14(18)15(22)19;1-2-20-13(22)9-8-12(21-10-19-15(17)16(21)18)14(20)11-6-4-3-5-7-11/h3-9H,2H2,1H3;3-10H,2H2,1H3. The first-order valence-corrected chi connectivity index (χ1v) is 15.6. The number of nitrogens with zero attached hydrogens (tertiary/aromatic N) is 6. The fourth-order valence-electron chi connectivity index (χ4n) is 4.94. The van der Waals surface area contributed by atoms with Gasteiger partial charge in [0.15, 0.2) is 20.6 Å². The molecule has 0 spiro atoms. The summed E-state index contributed by atoms with van der Waals surface area (Å²) in [5, 5.41) is 1.12. The van der Waals surface area contributed by atoms with E-state index in [4.69, 9.17) is 58.0 Å². The zero-order valence-electron chi connectivity index (χ0n) is 24.0. The maximum Gasteiger partial charge on any atom is 0.269 e. The second-order valence-corrected chi connectivity index (χ2v) is 11.4. The molecule has 6 rings (SSSR count). The quantitative estimate of drug-likeness (QED) is 0.174. The summed E-state index contributed by atoms with van der Waals surface area (Å²) in [4.78, 5) is 32.6. The van der Waals surface area contributed by atoms with Crippen molar-refractivity contribution in [3.63, 3.8) is 0 Å². The molecule has 0 saturated heterocycles. The molecule has 4 heterocycles. The van der Waals surface area contributed by atoms with Gasteiger partial charge in [-0.05, 0) is 26.0 Å². The van der Waals surface area contributed by atoms with Crippen LogP contribution in [0.4, 0.5) is 0 Å². The molecule has 0 N–H and O–H groups in total. The van der Waals surface area contributed by atoms with Crippen molar-refractivity contribution in [2.75, 3.05) is 0 Å². The summed E-state index contributed by atoms with van der Waals surface area (Å²) in [5.74, 6) is 0. The van der Waals surface area contributed by atoms with Crippen LogP contribution in [0.1, 0.15) is 13.8 Å². The van der Waals surface area contributed by atoms with E-state index in [0.717, 1.165) is 22.5 Å². The van der Waals surface area contributed by atoms with Gasteiger partial charge < -0.3 is 9.13 Å². The lowest BCUT2D eigenvalue weighted by Gasteiger charge is -2.18. The Morgan fingerprint density at radius 1 is 0.600 bits per heavy atom. The number of hydrogen-bond donors (Lipinski definition) is 0. The maximum absolute atomic E-state index is 12.4. The van der Waals surface area contributed by atoms with Crippen LogP contribution >= 0.6 is 58.0 Å². The lowest BCUT2D eigenvalue weighted by atomic mass is 10.1. The molecule has 0 fully saturated rings. The molecule has 0 aliphatic rings. The van der Waals surface area contributed by atoms with E-state index in [1.807, 2.05) is 74.5 Å². The van der Waals surface area contributed by atoms with E-state index in [0.29, 0.717) is 29.6 Å². The van der Waals surface area contributed by atoms with Gasteiger partial charge in [0.2, 0.25) is 0 Å². The SMILES string of the molecule is CCn1c(-c2ccccc2)c(-n2cnc(Cl)c2Cl)cc(Cl)c1=O.CCn1c(-c2ccccc2)c(-n2cnc(Cl)c2Cl)ccc1=O. The highest BCUT2D eigenvalue weighted by Gasteiger charge is 2.19. The summed E-state index contributed by atoms with van der Waals surface area (Å²) < 4.78 is 6.60. The first-order valence-electron chi connectivity index (χ1n) is 13.7. The molecular formula is C32H25Cl5N6O2. The molecule has 0 atom stereocenters. The molecule has 13 heteroatoms. The van der Waals surface area contributed by atoms with Crippen LogP contribution in [-0.4, -0.2) is 28.2 Å². The zero-order chi connectivity index (χ0) is 32.2. The number of halogens is 5. The van der Waals surface area contributed by atoms with E-state index in [1.165, 1.54) is 12.4 Å². The van der Waals surface area contributed by atoms with Crippen LogP contribution < -0.4 is 11.1 Å². The van der Waals surface area contributed by atoms with E-state index < -0.39 is 0 Å². The van der Waals surface area contributed by atoms with Crippen LogP contribution in [0.25, 0.3) is 33.9 Å². The first kappa shape index (κ1) is 32.6.